The van der Waals surface area contributed by atoms with E-state index in [1.165, 1.54) is 0 Å². The van der Waals surface area contributed by atoms with E-state index in [0.29, 0.717) is 51.3 Å². The molecule has 1 aliphatic heterocycles. The van der Waals surface area contributed by atoms with E-state index < -0.39 is 5.92 Å². The van der Waals surface area contributed by atoms with Gasteiger partial charge in [-0.25, -0.2) is 0 Å². The highest BCUT2D eigenvalue weighted by molar-refractivity contribution is 6.34. The number of nitrogens with two attached hydrogens (primary N) is 1. The van der Waals surface area contributed by atoms with Gasteiger partial charge in [-0.15, -0.1) is 0 Å². The van der Waals surface area contributed by atoms with E-state index in [4.69, 9.17) is 43.1 Å². The average Bonchev–Trinajstić information content (AvgIpc) is 2.77. The Kier molecular flexibility index (Phi) is 6.53. The lowest BCUT2D eigenvalue weighted by molar-refractivity contribution is -0.119. The lowest BCUT2D eigenvalue weighted by Crippen LogP contribution is -2.33. The van der Waals surface area contributed by atoms with Crippen LogP contribution in [-0.2, 0) is 16.1 Å². The Bertz CT molecular complexity index is 1270. The molecule has 0 amide bonds. The Morgan fingerprint density at radius 1 is 1.18 bits per heavy atom. The molecule has 0 saturated heterocycles. The van der Waals surface area contributed by atoms with E-state index >= 15 is 0 Å². The Morgan fingerprint density at radius 2 is 1.94 bits per heavy atom. The van der Waals surface area contributed by atoms with Crippen LogP contribution in [0, 0.1) is 16.7 Å². The van der Waals surface area contributed by atoms with Crippen molar-refractivity contribution < 1.29 is 19.0 Å². The van der Waals surface area contributed by atoms with Crippen LogP contribution in [0.1, 0.15) is 43.7 Å². The van der Waals surface area contributed by atoms with Crippen LogP contribution < -0.4 is 15.2 Å². The normalized spacial score (nSPS) is 19.3. The molecular formula is C26H24Cl2N2O4. The summed E-state index contributed by atoms with van der Waals surface area (Å²) in [6.45, 7) is 4.15. The van der Waals surface area contributed by atoms with Crippen LogP contribution in [0.4, 0.5) is 0 Å². The predicted molar refractivity (Wildman–Crippen MR) is 129 cm³/mol. The molecule has 4 rings (SSSR count). The van der Waals surface area contributed by atoms with Crippen LogP contribution in [0.3, 0.4) is 0 Å². The summed E-state index contributed by atoms with van der Waals surface area (Å²) in [6, 6.07) is 12.6. The maximum Gasteiger partial charge on any atom is 0.205 e. The summed E-state index contributed by atoms with van der Waals surface area (Å²) in [6.07, 6.45) is 0.924. The van der Waals surface area contributed by atoms with E-state index in [2.05, 4.69) is 6.07 Å². The van der Waals surface area contributed by atoms with Crippen molar-refractivity contribution in [2.24, 2.45) is 11.1 Å². The zero-order chi connectivity index (χ0) is 24.6. The highest BCUT2D eigenvalue weighted by Gasteiger charge is 2.43. The van der Waals surface area contributed by atoms with E-state index in [1.807, 2.05) is 26.0 Å². The molecule has 1 heterocycles. The number of hydrogen-bond acceptors (Lipinski definition) is 6. The number of ketones is 1. The van der Waals surface area contributed by atoms with Crippen LogP contribution >= 0.6 is 23.2 Å². The van der Waals surface area contributed by atoms with Crippen molar-refractivity contribution >= 4 is 29.0 Å². The van der Waals surface area contributed by atoms with Gasteiger partial charge in [0.1, 0.15) is 35.5 Å². The van der Waals surface area contributed by atoms with Crippen LogP contribution in [0.2, 0.25) is 10.0 Å². The van der Waals surface area contributed by atoms with Gasteiger partial charge in [0, 0.05) is 35.1 Å². The fourth-order valence-electron chi connectivity index (χ4n) is 4.45. The zero-order valence-corrected chi connectivity index (χ0v) is 20.6. The molecule has 2 N–H and O–H groups in total. The maximum absolute atomic E-state index is 13.2. The molecule has 1 aliphatic carbocycles. The van der Waals surface area contributed by atoms with Gasteiger partial charge in [0.05, 0.1) is 18.1 Å². The molecule has 6 nitrogen and oxygen atoms in total. The summed E-state index contributed by atoms with van der Waals surface area (Å²) >= 11 is 12.3. The number of Topliss-reactive ketones (excluding diaryl/α,β-unsaturated/α-hetero) is 1. The Labute approximate surface area is 208 Å². The Morgan fingerprint density at radius 3 is 2.65 bits per heavy atom. The minimum absolute atomic E-state index is 0.0241. The highest BCUT2D eigenvalue weighted by Crippen LogP contribution is 2.48. The standard InChI is InChI=1S/C26H24Cl2N2O4/c1-26(2)10-19(31)24-22(11-26)34-25(30)17(12-29)23(24)14-4-7-20(32-3)15(8-14)13-33-21-9-16(27)5-6-18(21)28/h4-9,23H,10-11,13,30H2,1-3H3/t23-/m0/s1. The van der Waals surface area contributed by atoms with Gasteiger partial charge in [0.2, 0.25) is 5.88 Å². The molecule has 1 atom stereocenters. The summed E-state index contributed by atoms with van der Waals surface area (Å²) in [7, 11) is 1.56. The zero-order valence-electron chi connectivity index (χ0n) is 19.1. The molecule has 0 aromatic heterocycles. The van der Waals surface area contributed by atoms with Gasteiger partial charge in [0.15, 0.2) is 5.78 Å². The molecule has 8 heteroatoms. The number of nitriles is 1. The second-order valence-corrected chi connectivity index (χ2v) is 9.98. The second-order valence-electron chi connectivity index (χ2n) is 9.14. The van der Waals surface area contributed by atoms with Crippen molar-refractivity contribution in [3.05, 3.63) is 80.4 Å². The first kappa shape index (κ1) is 24.0. The predicted octanol–water partition coefficient (Wildman–Crippen LogP) is 6.03. The lowest BCUT2D eigenvalue weighted by atomic mass is 9.70. The molecule has 2 aromatic carbocycles. The average molecular weight is 499 g/mol. The lowest BCUT2D eigenvalue weighted by Gasteiger charge is -2.37. The number of methoxy groups -OCH3 is 1. The van der Waals surface area contributed by atoms with Crippen LogP contribution in [0.5, 0.6) is 11.5 Å². The number of nitrogens with zero attached hydrogens (tertiary/aromatic N) is 1. The molecule has 0 bridgehead atoms. The quantitative estimate of drug-likeness (QED) is 0.540. The Balaban J connectivity index is 1.76. The molecule has 176 valence electrons. The topological polar surface area (TPSA) is 94.6 Å². The largest absolute Gasteiger partial charge is 0.496 e. The monoisotopic (exact) mass is 498 g/mol. The molecule has 34 heavy (non-hydrogen) atoms. The van der Waals surface area contributed by atoms with Crippen molar-refractivity contribution in [2.75, 3.05) is 7.11 Å². The van der Waals surface area contributed by atoms with Crippen molar-refractivity contribution in [1.29, 1.82) is 5.26 Å². The Hall–Kier alpha value is -3.14. The molecule has 0 radical (unpaired) electrons. The maximum atomic E-state index is 13.2. The van der Waals surface area contributed by atoms with Crippen molar-refractivity contribution in [2.45, 2.75) is 39.2 Å². The number of carbonyl (C=O) groups is 1. The molecule has 0 unspecified atom stereocenters. The fourth-order valence-corrected chi connectivity index (χ4v) is 4.79. The van der Waals surface area contributed by atoms with E-state index in [0.717, 1.165) is 5.56 Å². The third-order valence-electron chi connectivity index (χ3n) is 5.99. The number of halogens is 2. The molecule has 0 saturated carbocycles. The van der Waals surface area contributed by atoms with Gasteiger partial charge in [-0.3, -0.25) is 4.79 Å². The van der Waals surface area contributed by atoms with Crippen molar-refractivity contribution in [1.82, 2.24) is 0 Å². The van der Waals surface area contributed by atoms with Crippen molar-refractivity contribution in [3.63, 3.8) is 0 Å². The summed E-state index contributed by atoms with van der Waals surface area (Å²) in [5.74, 6) is 0.907. The molecular weight excluding hydrogens is 475 g/mol. The summed E-state index contributed by atoms with van der Waals surface area (Å²) in [5.41, 5.74) is 8.01. The first-order chi connectivity index (χ1) is 16.1. The first-order valence-electron chi connectivity index (χ1n) is 10.7. The minimum atomic E-state index is -0.628. The smallest absolute Gasteiger partial charge is 0.205 e. The summed E-state index contributed by atoms with van der Waals surface area (Å²) in [4.78, 5) is 13.2. The number of rotatable bonds is 5. The van der Waals surface area contributed by atoms with E-state index in [-0.39, 0.29) is 29.3 Å². The number of hydrogen-bond donors (Lipinski definition) is 1. The number of benzene rings is 2. The number of carbonyl (C=O) groups excluding carboxylic acids is 1. The second kappa shape index (κ2) is 9.25. The number of ether oxygens (including phenoxy) is 3. The van der Waals surface area contributed by atoms with Gasteiger partial charge >= 0.3 is 0 Å². The summed E-state index contributed by atoms with van der Waals surface area (Å²) < 4.78 is 17.2. The van der Waals surface area contributed by atoms with Gasteiger partial charge in [-0.2, -0.15) is 5.26 Å². The molecule has 0 spiro atoms. The first-order valence-corrected chi connectivity index (χ1v) is 11.5. The highest BCUT2D eigenvalue weighted by atomic mass is 35.5. The van der Waals surface area contributed by atoms with Crippen molar-refractivity contribution in [3.8, 4) is 17.6 Å². The minimum Gasteiger partial charge on any atom is -0.496 e. The van der Waals surface area contributed by atoms with Crippen LogP contribution in [-0.4, -0.2) is 12.9 Å². The van der Waals surface area contributed by atoms with Gasteiger partial charge < -0.3 is 19.9 Å². The van der Waals surface area contributed by atoms with Gasteiger partial charge in [-0.05, 0) is 35.2 Å². The molecule has 2 aliphatic rings. The number of allylic oxidation sites excluding steroid dienone is 3. The van der Waals surface area contributed by atoms with Gasteiger partial charge in [-0.1, -0.05) is 43.1 Å². The van der Waals surface area contributed by atoms with E-state index in [9.17, 15) is 10.1 Å². The van der Waals surface area contributed by atoms with E-state index in [1.54, 1.807) is 31.4 Å². The van der Waals surface area contributed by atoms with Crippen LogP contribution in [0.25, 0.3) is 0 Å². The third kappa shape index (κ3) is 4.59. The molecule has 0 fully saturated rings. The van der Waals surface area contributed by atoms with Gasteiger partial charge in [0.25, 0.3) is 0 Å². The van der Waals surface area contributed by atoms with Crippen LogP contribution in [0.15, 0.2) is 59.2 Å². The summed E-state index contributed by atoms with van der Waals surface area (Å²) in [5, 5.41) is 10.8. The fraction of sp³-hybridized carbons (Fsp3) is 0.308. The molecule has 2 aromatic rings. The SMILES string of the molecule is COc1ccc([C@H]2C(C#N)=C(N)OC3=C2C(=O)CC(C)(C)C3)cc1COc1cc(Cl)ccc1Cl. The third-order valence-corrected chi connectivity index (χ3v) is 6.54.